The summed E-state index contributed by atoms with van der Waals surface area (Å²) in [5.41, 5.74) is -0.104. The largest absolute Gasteiger partial charge is 0.449 e. The molecular weight excluding hydrogens is 368 g/mol. The average Bonchev–Trinajstić information content (AvgIpc) is 2.34. The first-order valence-corrected chi connectivity index (χ1v) is 6.38. The Morgan fingerprint density at radius 3 is 2.67 bits per heavy atom. The fourth-order valence-electron chi connectivity index (χ4n) is 1.28. The van der Waals surface area contributed by atoms with Crippen molar-refractivity contribution < 1.29 is 9.66 Å². The zero-order valence-electron chi connectivity index (χ0n) is 8.84. The quantitative estimate of drug-likeness (QED) is 0.594. The molecule has 0 atom stereocenters. The van der Waals surface area contributed by atoms with Crippen LogP contribution in [-0.2, 0) is 0 Å². The minimum absolute atomic E-state index is 0.104. The van der Waals surface area contributed by atoms with Crippen molar-refractivity contribution in [3.8, 4) is 11.5 Å². The number of pyridine rings is 1. The molecule has 0 fully saturated rings. The lowest BCUT2D eigenvalue weighted by Crippen LogP contribution is -1.94. The Labute approximate surface area is 119 Å². The molecule has 2 aromatic rings. The molecule has 18 heavy (non-hydrogen) atoms. The molecular formula is C11H6Br2N2O3. The number of ether oxygens (including phenoxy) is 1. The lowest BCUT2D eigenvalue weighted by molar-refractivity contribution is -0.385. The molecule has 0 amide bonds. The number of hydrogen-bond donors (Lipinski definition) is 0. The van der Waals surface area contributed by atoms with Gasteiger partial charge in [-0.2, -0.15) is 0 Å². The van der Waals surface area contributed by atoms with Crippen molar-refractivity contribution >= 4 is 37.5 Å². The number of hydrogen-bond acceptors (Lipinski definition) is 4. The molecule has 1 aromatic heterocycles. The Morgan fingerprint density at radius 1 is 1.22 bits per heavy atom. The number of nitro benzene ring substituents is 1. The molecule has 0 bridgehead atoms. The number of halogens is 2. The van der Waals surface area contributed by atoms with Crippen molar-refractivity contribution in [3.63, 3.8) is 0 Å². The van der Waals surface area contributed by atoms with Crippen LogP contribution in [0, 0.1) is 10.1 Å². The van der Waals surface area contributed by atoms with E-state index in [1.165, 1.54) is 12.1 Å². The van der Waals surface area contributed by atoms with Gasteiger partial charge in [0.05, 0.1) is 9.40 Å². The van der Waals surface area contributed by atoms with E-state index in [-0.39, 0.29) is 11.4 Å². The van der Waals surface area contributed by atoms with E-state index in [9.17, 15) is 10.1 Å². The van der Waals surface area contributed by atoms with E-state index in [1.807, 2.05) is 0 Å². The summed E-state index contributed by atoms with van der Waals surface area (Å²) in [6.45, 7) is 0. The molecule has 0 radical (unpaired) electrons. The van der Waals surface area contributed by atoms with Crippen LogP contribution in [0.1, 0.15) is 0 Å². The van der Waals surface area contributed by atoms with Crippen LogP contribution in [0.4, 0.5) is 5.69 Å². The average molecular weight is 374 g/mol. The smallest absolute Gasteiger partial charge is 0.312 e. The Balaban J connectivity index is 2.41. The van der Waals surface area contributed by atoms with Gasteiger partial charge in [-0.3, -0.25) is 15.1 Å². The van der Waals surface area contributed by atoms with E-state index in [0.29, 0.717) is 14.7 Å². The zero-order valence-corrected chi connectivity index (χ0v) is 12.0. The normalized spacial score (nSPS) is 10.1. The number of aromatic nitrogens is 1. The summed E-state index contributed by atoms with van der Waals surface area (Å²) in [7, 11) is 0. The van der Waals surface area contributed by atoms with Crippen molar-refractivity contribution in [2.75, 3.05) is 0 Å². The van der Waals surface area contributed by atoms with Gasteiger partial charge in [-0.25, -0.2) is 0 Å². The molecule has 5 nitrogen and oxygen atoms in total. The van der Waals surface area contributed by atoms with Crippen molar-refractivity contribution in [3.05, 3.63) is 55.7 Å². The number of benzene rings is 1. The molecule has 1 heterocycles. The van der Waals surface area contributed by atoms with Crippen LogP contribution in [0.15, 0.2) is 45.6 Å². The molecule has 2 rings (SSSR count). The molecule has 0 N–H and O–H groups in total. The van der Waals surface area contributed by atoms with Crippen molar-refractivity contribution in [1.29, 1.82) is 0 Å². The van der Waals surface area contributed by atoms with Crippen molar-refractivity contribution in [2.45, 2.75) is 0 Å². The highest BCUT2D eigenvalue weighted by molar-refractivity contribution is 9.10. The van der Waals surface area contributed by atoms with Crippen LogP contribution < -0.4 is 4.74 Å². The zero-order chi connectivity index (χ0) is 13.1. The first kappa shape index (κ1) is 13.0. The van der Waals surface area contributed by atoms with Crippen LogP contribution in [0.2, 0.25) is 0 Å². The molecule has 0 spiro atoms. The van der Waals surface area contributed by atoms with Crippen LogP contribution in [0.3, 0.4) is 0 Å². The standard InChI is InChI=1S/C11H6Br2N2O3/c12-7-1-2-11(9(5-7)15(16)17)18-10-3-4-14-6-8(10)13/h1-6H. The minimum Gasteiger partial charge on any atom is -0.449 e. The Bertz CT molecular complexity index is 605. The number of nitro groups is 1. The van der Waals surface area contributed by atoms with Crippen LogP contribution >= 0.6 is 31.9 Å². The second-order valence-electron chi connectivity index (χ2n) is 3.28. The Morgan fingerprint density at radius 2 is 2.00 bits per heavy atom. The van der Waals surface area contributed by atoms with E-state index in [0.717, 1.165) is 0 Å². The molecule has 0 saturated carbocycles. The van der Waals surface area contributed by atoms with Gasteiger partial charge in [0, 0.05) is 29.0 Å². The van der Waals surface area contributed by atoms with E-state index in [4.69, 9.17) is 4.74 Å². The lowest BCUT2D eigenvalue weighted by Gasteiger charge is -2.07. The van der Waals surface area contributed by atoms with Crippen LogP contribution in [0.5, 0.6) is 11.5 Å². The molecule has 0 saturated heterocycles. The Hall–Kier alpha value is -1.47. The van der Waals surface area contributed by atoms with Crippen LogP contribution in [0.25, 0.3) is 0 Å². The highest BCUT2D eigenvalue weighted by atomic mass is 79.9. The maximum atomic E-state index is 10.9. The molecule has 0 aliphatic rings. The summed E-state index contributed by atoms with van der Waals surface area (Å²) in [6.07, 6.45) is 3.10. The maximum Gasteiger partial charge on any atom is 0.312 e. The third-order valence-electron chi connectivity index (χ3n) is 2.07. The monoisotopic (exact) mass is 372 g/mol. The predicted molar refractivity (Wildman–Crippen MR) is 72.8 cm³/mol. The summed E-state index contributed by atoms with van der Waals surface area (Å²) in [4.78, 5) is 14.3. The van der Waals surface area contributed by atoms with Crippen molar-refractivity contribution in [2.24, 2.45) is 0 Å². The Kier molecular flexibility index (Phi) is 3.93. The van der Waals surface area contributed by atoms with Gasteiger partial charge in [0.25, 0.3) is 0 Å². The van der Waals surface area contributed by atoms with Gasteiger partial charge >= 0.3 is 5.69 Å². The third kappa shape index (κ3) is 2.85. The first-order chi connectivity index (χ1) is 8.58. The number of nitrogens with zero attached hydrogens (tertiary/aromatic N) is 2. The van der Waals surface area contributed by atoms with E-state index < -0.39 is 4.92 Å². The molecule has 92 valence electrons. The second kappa shape index (κ2) is 5.45. The fraction of sp³-hybridized carbons (Fsp3) is 0. The van der Waals surface area contributed by atoms with Gasteiger partial charge in [-0.1, -0.05) is 15.9 Å². The fourth-order valence-corrected chi connectivity index (χ4v) is 1.96. The topological polar surface area (TPSA) is 65.3 Å². The predicted octanol–water partition coefficient (Wildman–Crippen LogP) is 4.31. The summed E-state index contributed by atoms with van der Waals surface area (Å²) in [5.74, 6) is 0.644. The second-order valence-corrected chi connectivity index (χ2v) is 5.05. The lowest BCUT2D eigenvalue weighted by atomic mass is 10.3. The van der Waals surface area contributed by atoms with Crippen LogP contribution in [-0.4, -0.2) is 9.91 Å². The molecule has 0 unspecified atom stereocenters. The maximum absolute atomic E-state index is 10.9. The summed E-state index contributed by atoms with van der Waals surface area (Å²) in [5, 5.41) is 10.9. The van der Waals surface area contributed by atoms with Gasteiger partial charge in [0.2, 0.25) is 5.75 Å². The highest BCUT2D eigenvalue weighted by Gasteiger charge is 2.17. The minimum atomic E-state index is -0.491. The summed E-state index contributed by atoms with van der Waals surface area (Å²) < 4.78 is 6.75. The third-order valence-corrected chi connectivity index (χ3v) is 3.16. The molecule has 7 heteroatoms. The molecule has 0 aliphatic carbocycles. The first-order valence-electron chi connectivity index (χ1n) is 4.79. The summed E-state index contributed by atoms with van der Waals surface area (Å²) in [6, 6.07) is 6.23. The van der Waals surface area contributed by atoms with Gasteiger partial charge in [0.15, 0.2) is 0 Å². The van der Waals surface area contributed by atoms with Gasteiger partial charge < -0.3 is 4.74 Å². The highest BCUT2D eigenvalue weighted by Crippen LogP contribution is 2.35. The summed E-state index contributed by atoms with van der Waals surface area (Å²) >= 11 is 6.45. The molecule has 0 aliphatic heterocycles. The van der Waals surface area contributed by atoms with Gasteiger partial charge in [-0.05, 0) is 28.1 Å². The SMILES string of the molecule is O=[N+]([O-])c1cc(Br)ccc1Oc1ccncc1Br. The van der Waals surface area contributed by atoms with E-state index in [2.05, 4.69) is 36.8 Å². The molecule has 1 aromatic carbocycles. The van der Waals surface area contributed by atoms with E-state index >= 15 is 0 Å². The van der Waals surface area contributed by atoms with Gasteiger partial charge in [-0.15, -0.1) is 0 Å². The van der Waals surface area contributed by atoms with Crippen molar-refractivity contribution in [1.82, 2.24) is 4.98 Å². The van der Waals surface area contributed by atoms with E-state index in [1.54, 1.807) is 24.5 Å². The van der Waals surface area contributed by atoms with Gasteiger partial charge in [0.1, 0.15) is 5.75 Å². The number of rotatable bonds is 3.